The molecule has 0 bridgehead atoms. The predicted molar refractivity (Wildman–Crippen MR) is 100 cm³/mol. The Labute approximate surface area is 157 Å². The van der Waals surface area contributed by atoms with Crippen LogP contribution in [0.15, 0.2) is 48.5 Å². The summed E-state index contributed by atoms with van der Waals surface area (Å²) in [5, 5.41) is 3.27. The average Bonchev–Trinajstić information content (AvgIpc) is 2.93. The molecule has 1 N–H and O–H groups in total. The van der Waals surface area contributed by atoms with Crippen LogP contribution in [0, 0.1) is 0 Å². The molecule has 27 heavy (non-hydrogen) atoms. The molecular formula is C21H21N3O3. The van der Waals surface area contributed by atoms with E-state index in [2.05, 4.69) is 5.32 Å². The molecule has 1 atom stereocenters. The van der Waals surface area contributed by atoms with Crippen molar-refractivity contribution < 1.29 is 14.4 Å². The van der Waals surface area contributed by atoms with E-state index in [1.807, 2.05) is 17.9 Å². The van der Waals surface area contributed by atoms with Crippen molar-refractivity contribution >= 4 is 17.7 Å². The third-order valence-corrected chi connectivity index (χ3v) is 5.15. The highest BCUT2D eigenvalue weighted by molar-refractivity contribution is 6.21. The molecule has 0 aromatic heterocycles. The number of rotatable bonds is 3. The molecule has 0 radical (unpaired) electrons. The standard InChI is InChI=1S/C21H21N3O3/c1-14-12-22-9-10-23(14)19(25)16-6-4-5-15(11-16)13-24-20(26)17-7-2-3-8-18(17)21(24)27/h2-8,11,14,22H,9-10,12-13H2,1H3/t14-/m1/s1. The normalized spacial score (nSPS) is 19.4. The topological polar surface area (TPSA) is 69.7 Å². The lowest BCUT2D eigenvalue weighted by Crippen LogP contribution is -2.52. The Morgan fingerprint density at radius 2 is 1.78 bits per heavy atom. The second-order valence-corrected chi connectivity index (χ2v) is 6.99. The molecule has 2 aliphatic rings. The molecule has 0 unspecified atom stereocenters. The van der Waals surface area contributed by atoms with Crippen LogP contribution in [0.5, 0.6) is 0 Å². The Bertz CT molecular complexity index is 889. The van der Waals surface area contributed by atoms with Crippen LogP contribution in [0.3, 0.4) is 0 Å². The highest BCUT2D eigenvalue weighted by Crippen LogP contribution is 2.24. The molecular weight excluding hydrogens is 342 g/mol. The monoisotopic (exact) mass is 363 g/mol. The van der Waals surface area contributed by atoms with E-state index >= 15 is 0 Å². The smallest absolute Gasteiger partial charge is 0.261 e. The maximum atomic E-state index is 12.9. The van der Waals surface area contributed by atoms with E-state index in [0.29, 0.717) is 23.2 Å². The van der Waals surface area contributed by atoms with Crippen LogP contribution in [0.4, 0.5) is 0 Å². The first-order valence-electron chi connectivity index (χ1n) is 9.12. The molecule has 1 fully saturated rings. The van der Waals surface area contributed by atoms with E-state index in [9.17, 15) is 14.4 Å². The minimum absolute atomic E-state index is 0.0202. The van der Waals surface area contributed by atoms with Gasteiger partial charge in [0.05, 0.1) is 17.7 Å². The summed E-state index contributed by atoms with van der Waals surface area (Å²) >= 11 is 0. The van der Waals surface area contributed by atoms with Gasteiger partial charge in [-0.2, -0.15) is 0 Å². The fraction of sp³-hybridized carbons (Fsp3) is 0.286. The maximum Gasteiger partial charge on any atom is 0.261 e. The van der Waals surface area contributed by atoms with Crippen LogP contribution >= 0.6 is 0 Å². The zero-order valence-electron chi connectivity index (χ0n) is 15.1. The van der Waals surface area contributed by atoms with E-state index in [4.69, 9.17) is 0 Å². The van der Waals surface area contributed by atoms with Gasteiger partial charge in [-0.3, -0.25) is 19.3 Å². The second-order valence-electron chi connectivity index (χ2n) is 6.99. The number of nitrogens with one attached hydrogen (secondary N) is 1. The number of carbonyl (C=O) groups is 3. The molecule has 0 spiro atoms. The van der Waals surface area contributed by atoms with Crippen molar-refractivity contribution in [2.75, 3.05) is 19.6 Å². The largest absolute Gasteiger partial charge is 0.333 e. The van der Waals surface area contributed by atoms with E-state index in [-0.39, 0.29) is 30.3 Å². The van der Waals surface area contributed by atoms with Gasteiger partial charge in [-0.05, 0) is 36.8 Å². The van der Waals surface area contributed by atoms with Gasteiger partial charge in [0.15, 0.2) is 0 Å². The molecule has 3 amide bonds. The van der Waals surface area contributed by atoms with Crippen molar-refractivity contribution in [3.8, 4) is 0 Å². The lowest BCUT2D eigenvalue weighted by atomic mass is 10.1. The van der Waals surface area contributed by atoms with Crippen molar-refractivity contribution in [3.05, 3.63) is 70.8 Å². The molecule has 6 nitrogen and oxygen atoms in total. The predicted octanol–water partition coefficient (Wildman–Crippen LogP) is 1.92. The first-order chi connectivity index (χ1) is 13.1. The Balaban J connectivity index is 1.55. The summed E-state index contributed by atoms with van der Waals surface area (Å²) in [5.74, 6) is -0.598. The first kappa shape index (κ1) is 17.4. The molecule has 2 aromatic carbocycles. The number of hydrogen-bond acceptors (Lipinski definition) is 4. The van der Waals surface area contributed by atoms with Crippen molar-refractivity contribution in [2.45, 2.75) is 19.5 Å². The second kappa shape index (κ2) is 6.96. The molecule has 4 rings (SSSR count). The summed E-state index contributed by atoms with van der Waals surface area (Å²) in [7, 11) is 0. The molecule has 2 aromatic rings. The van der Waals surface area contributed by atoms with Crippen molar-refractivity contribution in [1.82, 2.24) is 15.1 Å². The lowest BCUT2D eigenvalue weighted by Gasteiger charge is -2.34. The van der Waals surface area contributed by atoms with Gasteiger partial charge in [-0.25, -0.2) is 0 Å². The quantitative estimate of drug-likeness (QED) is 0.846. The Kier molecular flexibility index (Phi) is 4.49. The summed E-state index contributed by atoms with van der Waals surface area (Å²) in [6.45, 7) is 4.41. The number of piperazine rings is 1. The van der Waals surface area contributed by atoms with Gasteiger partial charge in [0.2, 0.25) is 0 Å². The summed E-state index contributed by atoms with van der Waals surface area (Å²) in [6, 6.07) is 14.2. The van der Waals surface area contributed by atoms with Crippen LogP contribution in [0.25, 0.3) is 0 Å². The number of fused-ring (bicyclic) bond motifs is 1. The average molecular weight is 363 g/mol. The van der Waals surface area contributed by atoms with Gasteiger partial charge in [0.25, 0.3) is 17.7 Å². The summed E-state index contributed by atoms with van der Waals surface area (Å²) in [6.07, 6.45) is 0. The van der Waals surface area contributed by atoms with Crippen LogP contribution < -0.4 is 5.32 Å². The third kappa shape index (κ3) is 3.13. The van der Waals surface area contributed by atoms with Gasteiger partial charge in [-0.1, -0.05) is 24.3 Å². The number of carbonyl (C=O) groups excluding carboxylic acids is 3. The first-order valence-corrected chi connectivity index (χ1v) is 9.12. The third-order valence-electron chi connectivity index (χ3n) is 5.15. The number of nitrogens with zero attached hydrogens (tertiary/aromatic N) is 2. The number of benzene rings is 2. The highest BCUT2D eigenvalue weighted by atomic mass is 16.2. The molecule has 0 saturated carbocycles. The van der Waals surface area contributed by atoms with E-state index in [0.717, 1.165) is 18.7 Å². The fourth-order valence-electron chi connectivity index (χ4n) is 3.68. The van der Waals surface area contributed by atoms with Gasteiger partial charge in [0, 0.05) is 31.2 Å². The van der Waals surface area contributed by atoms with E-state index < -0.39 is 0 Å². The number of imide groups is 1. The van der Waals surface area contributed by atoms with Crippen LogP contribution in [0.1, 0.15) is 43.6 Å². The van der Waals surface area contributed by atoms with E-state index in [1.165, 1.54) is 4.90 Å². The minimum Gasteiger partial charge on any atom is -0.333 e. The Morgan fingerprint density at radius 3 is 2.44 bits per heavy atom. The van der Waals surface area contributed by atoms with Crippen LogP contribution in [0.2, 0.25) is 0 Å². The SMILES string of the molecule is C[C@@H]1CNCCN1C(=O)c1cccc(CN2C(=O)c3ccccc3C2=O)c1. The Morgan fingerprint density at radius 1 is 1.07 bits per heavy atom. The molecule has 1 saturated heterocycles. The minimum atomic E-state index is -0.289. The Hall–Kier alpha value is -2.99. The molecule has 2 aliphatic heterocycles. The van der Waals surface area contributed by atoms with Gasteiger partial charge in [-0.15, -0.1) is 0 Å². The zero-order valence-corrected chi connectivity index (χ0v) is 15.1. The summed E-state index contributed by atoms with van der Waals surface area (Å²) in [4.78, 5) is 41.0. The lowest BCUT2D eigenvalue weighted by molar-refractivity contribution is 0.0640. The molecule has 6 heteroatoms. The van der Waals surface area contributed by atoms with Gasteiger partial charge >= 0.3 is 0 Å². The number of hydrogen-bond donors (Lipinski definition) is 1. The van der Waals surface area contributed by atoms with Crippen LogP contribution in [-0.2, 0) is 6.54 Å². The number of amides is 3. The van der Waals surface area contributed by atoms with Crippen LogP contribution in [-0.4, -0.2) is 53.2 Å². The molecule has 2 heterocycles. The van der Waals surface area contributed by atoms with Crippen molar-refractivity contribution in [3.63, 3.8) is 0 Å². The molecule has 0 aliphatic carbocycles. The van der Waals surface area contributed by atoms with Crippen molar-refractivity contribution in [2.24, 2.45) is 0 Å². The highest BCUT2D eigenvalue weighted by Gasteiger charge is 2.35. The fourth-order valence-corrected chi connectivity index (χ4v) is 3.68. The zero-order chi connectivity index (χ0) is 19.0. The van der Waals surface area contributed by atoms with Crippen molar-refractivity contribution in [1.29, 1.82) is 0 Å². The summed E-state index contributed by atoms with van der Waals surface area (Å²) in [5.41, 5.74) is 2.21. The summed E-state index contributed by atoms with van der Waals surface area (Å²) < 4.78 is 0. The maximum absolute atomic E-state index is 12.9. The van der Waals surface area contributed by atoms with E-state index in [1.54, 1.807) is 42.5 Å². The molecule has 138 valence electrons. The van der Waals surface area contributed by atoms with Gasteiger partial charge in [0.1, 0.15) is 0 Å². The van der Waals surface area contributed by atoms with Gasteiger partial charge < -0.3 is 10.2 Å².